The summed E-state index contributed by atoms with van der Waals surface area (Å²) < 4.78 is 22.3. The van der Waals surface area contributed by atoms with E-state index in [9.17, 15) is 8.42 Å². The predicted molar refractivity (Wildman–Crippen MR) is 60.5 cm³/mol. The van der Waals surface area contributed by atoms with Crippen LogP contribution in [0.2, 0.25) is 0 Å². The lowest BCUT2D eigenvalue weighted by Gasteiger charge is -2.06. The first kappa shape index (κ1) is 12.3. The van der Waals surface area contributed by atoms with Crippen molar-refractivity contribution >= 4 is 21.4 Å². The maximum absolute atomic E-state index is 11.2. The van der Waals surface area contributed by atoms with Crippen LogP contribution in [0, 0.1) is 5.92 Å². The molecule has 0 saturated heterocycles. The van der Waals surface area contributed by atoms with Gasteiger partial charge in [0.25, 0.3) is 0 Å². The molecule has 0 aromatic heterocycles. The standard InChI is InChI=1S/C10H19ClO2S/c1-2-14(12,13)8-4-3-5-10(11)9-6-7-9/h9-10H,2-8H2,1H3. The van der Waals surface area contributed by atoms with E-state index in [1.807, 2.05) is 0 Å². The molecule has 1 unspecified atom stereocenters. The van der Waals surface area contributed by atoms with Gasteiger partial charge in [0.05, 0.1) is 5.75 Å². The highest BCUT2D eigenvalue weighted by molar-refractivity contribution is 7.91. The van der Waals surface area contributed by atoms with E-state index in [1.165, 1.54) is 12.8 Å². The summed E-state index contributed by atoms with van der Waals surface area (Å²) in [7, 11) is -2.77. The molecule has 0 bridgehead atoms. The topological polar surface area (TPSA) is 34.1 Å². The molecule has 1 aliphatic rings. The number of rotatable bonds is 7. The number of unbranched alkanes of at least 4 members (excludes halogenated alkanes) is 1. The fourth-order valence-electron chi connectivity index (χ4n) is 1.50. The van der Waals surface area contributed by atoms with Crippen molar-refractivity contribution in [2.24, 2.45) is 5.92 Å². The fourth-order valence-corrected chi connectivity index (χ4v) is 2.84. The monoisotopic (exact) mass is 238 g/mol. The maximum Gasteiger partial charge on any atom is 0.150 e. The second kappa shape index (κ2) is 5.36. The fraction of sp³-hybridized carbons (Fsp3) is 1.00. The largest absolute Gasteiger partial charge is 0.229 e. The summed E-state index contributed by atoms with van der Waals surface area (Å²) in [6.45, 7) is 1.70. The van der Waals surface area contributed by atoms with Crippen LogP contribution in [0.5, 0.6) is 0 Å². The van der Waals surface area contributed by atoms with Gasteiger partial charge in [-0.2, -0.15) is 0 Å². The van der Waals surface area contributed by atoms with E-state index in [0.717, 1.165) is 25.2 Å². The maximum atomic E-state index is 11.2. The molecule has 0 spiro atoms. The van der Waals surface area contributed by atoms with Crippen molar-refractivity contribution < 1.29 is 8.42 Å². The average molecular weight is 239 g/mol. The molecule has 0 amide bonds. The van der Waals surface area contributed by atoms with Crippen molar-refractivity contribution in [1.29, 1.82) is 0 Å². The van der Waals surface area contributed by atoms with Crippen LogP contribution >= 0.6 is 11.6 Å². The number of hydrogen-bond donors (Lipinski definition) is 0. The second-order valence-corrected chi connectivity index (χ2v) is 7.12. The van der Waals surface area contributed by atoms with Crippen LogP contribution in [0.3, 0.4) is 0 Å². The molecule has 2 nitrogen and oxygen atoms in total. The Morgan fingerprint density at radius 2 is 2.00 bits per heavy atom. The molecular formula is C10H19ClO2S. The lowest BCUT2D eigenvalue weighted by molar-refractivity contribution is 0.585. The minimum Gasteiger partial charge on any atom is -0.229 e. The number of sulfone groups is 1. The molecule has 84 valence electrons. The van der Waals surface area contributed by atoms with Gasteiger partial charge in [-0.05, 0) is 31.6 Å². The molecule has 0 aromatic carbocycles. The van der Waals surface area contributed by atoms with Crippen molar-refractivity contribution in [1.82, 2.24) is 0 Å². The molecule has 0 radical (unpaired) electrons. The molecule has 1 saturated carbocycles. The normalized spacial score (nSPS) is 19.6. The first-order valence-electron chi connectivity index (χ1n) is 5.39. The van der Waals surface area contributed by atoms with E-state index in [4.69, 9.17) is 11.6 Å². The molecule has 4 heteroatoms. The van der Waals surface area contributed by atoms with Crippen molar-refractivity contribution in [2.75, 3.05) is 11.5 Å². The van der Waals surface area contributed by atoms with E-state index in [1.54, 1.807) is 6.92 Å². The molecule has 1 aliphatic carbocycles. The summed E-state index contributed by atoms with van der Waals surface area (Å²) in [6, 6.07) is 0. The lowest BCUT2D eigenvalue weighted by Crippen LogP contribution is -2.09. The van der Waals surface area contributed by atoms with Crippen LogP contribution in [0.25, 0.3) is 0 Å². The highest BCUT2D eigenvalue weighted by Gasteiger charge is 2.28. The summed E-state index contributed by atoms with van der Waals surface area (Å²) >= 11 is 6.11. The van der Waals surface area contributed by atoms with Crippen molar-refractivity contribution in [3.63, 3.8) is 0 Å². The molecule has 0 N–H and O–H groups in total. The van der Waals surface area contributed by atoms with E-state index >= 15 is 0 Å². The average Bonchev–Trinajstić information content (AvgIpc) is 2.95. The minimum atomic E-state index is -2.77. The predicted octanol–water partition coefficient (Wildman–Crippen LogP) is 2.61. The second-order valence-electron chi connectivity index (χ2n) is 4.09. The first-order chi connectivity index (χ1) is 6.55. The third-order valence-corrected chi connectivity index (χ3v) is 5.12. The third-order valence-electron chi connectivity index (χ3n) is 2.76. The highest BCUT2D eigenvalue weighted by atomic mass is 35.5. The zero-order valence-corrected chi connectivity index (χ0v) is 10.3. The van der Waals surface area contributed by atoms with Gasteiger partial charge in [-0.1, -0.05) is 13.3 Å². The van der Waals surface area contributed by atoms with Gasteiger partial charge in [-0.25, -0.2) is 8.42 Å². The Morgan fingerprint density at radius 3 is 2.50 bits per heavy atom. The Labute approximate surface area is 91.9 Å². The Morgan fingerprint density at radius 1 is 1.36 bits per heavy atom. The molecule has 14 heavy (non-hydrogen) atoms. The molecule has 1 fully saturated rings. The number of halogens is 1. The van der Waals surface area contributed by atoms with Crippen molar-refractivity contribution in [2.45, 2.75) is 44.4 Å². The van der Waals surface area contributed by atoms with Gasteiger partial charge in [0.1, 0.15) is 9.84 Å². The van der Waals surface area contributed by atoms with Crippen LogP contribution in [0.1, 0.15) is 39.0 Å². The highest BCUT2D eigenvalue weighted by Crippen LogP contribution is 2.37. The van der Waals surface area contributed by atoms with Crippen LogP contribution in [-0.4, -0.2) is 25.3 Å². The zero-order valence-electron chi connectivity index (χ0n) is 8.71. The SMILES string of the molecule is CCS(=O)(=O)CCCCC(Cl)C1CC1. The third kappa shape index (κ3) is 4.65. The van der Waals surface area contributed by atoms with E-state index in [2.05, 4.69) is 0 Å². The summed E-state index contributed by atoms with van der Waals surface area (Å²) in [5, 5.41) is 0.291. The van der Waals surface area contributed by atoms with Crippen LogP contribution in [0.15, 0.2) is 0 Å². The van der Waals surface area contributed by atoms with Gasteiger partial charge in [0.15, 0.2) is 0 Å². The molecule has 0 heterocycles. The van der Waals surface area contributed by atoms with Gasteiger partial charge in [-0.3, -0.25) is 0 Å². The van der Waals surface area contributed by atoms with Crippen LogP contribution in [0.4, 0.5) is 0 Å². The first-order valence-corrected chi connectivity index (χ1v) is 7.65. The number of hydrogen-bond acceptors (Lipinski definition) is 2. The van der Waals surface area contributed by atoms with Gasteiger partial charge < -0.3 is 0 Å². The van der Waals surface area contributed by atoms with Crippen LogP contribution in [-0.2, 0) is 9.84 Å². The Kier molecular flexibility index (Phi) is 4.71. The van der Waals surface area contributed by atoms with Gasteiger partial charge in [0, 0.05) is 11.1 Å². The summed E-state index contributed by atoms with van der Waals surface area (Å²) in [6.07, 6.45) is 5.23. The smallest absolute Gasteiger partial charge is 0.150 e. The molecule has 0 aliphatic heterocycles. The Hall–Kier alpha value is 0.240. The van der Waals surface area contributed by atoms with Crippen molar-refractivity contribution in [3.8, 4) is 0 Å². The van der Waals surface area contributed by atoms with Crippen LogP contribution < -0.4 is 0 Å². The van der Waals surface area contributed by atoms with E-state index in [-0.39, 0.29) is 5.75 Å². The molecular weight excluding hydrogens is 220 g/mol. The summed E-state index contributed by atoms with van der Waals surface area (Å²) in [5.74, 6) is 1.32. The number of alkyl halides is 1. The zero-order chi connectivity index (χ0) is 10.6. The van der Waals surface area contributed by atoms with E-state index < -0.39 is 9.84 Å². The summed E-state index contributed by atoms with van der Waals surface area (Å²) in [5.41, 5.74) is 0. The minimum absolute atomic E-state index is 0.264. The Balaban J connectivity index is 2.04. The quantitative estimate of drug-likeness (QED) is 0.505. The van der Waals surface area contributed by atoms with Gasteiger partial charge >= 0.3 is 0 Å². The molecule has 0 aromatic rings. The Bertz CT molecular complexity index is 257. The van der Waals surface area contributed by atoms with Gasteiger partial charge in [0.2, 0.25) is 0 Å². The lowest BCUT2D eigenvalue weighted by atomic mass is 10.1. The van der Waals surface area contributed by atoms with Crippen molar-refractivity contribution in [3.05, 3.63) is 0 Å². The van der Waals surface area contributed by atoms with Gasteiger partial charge in [-0.15, -0.1) is 11.6 Å². The molecule has 1 rings (SSSR count). The summed E-state index contributed by atoms with van der Waals surface area (Å²) in [4.78, 5) is 0. The van der Waals surface area contributed by atoms with E-state index in [0.29, 0.717) is 11.1 Å². The molecule has 1 atom stereocenters.